The van der Waals surface area contributed by atoms with Gasteiger partial charge in [0.25, 0.3) is 5.91 Å². The Kier molecular flexibility index (Phi) is 9.43. The quantitative estimate of drug-likeness (QED) is 0.298. The minimum Gasteiger partial charge on any atom is -0.497 e. The van der Waals surface area contributed by atoms with Crippen molar-refractivity contribution in [2.24, 2.45) is 4.99 Å². The lowest BCUT2D eigenvalue weighted by Gasteiger charge is -2.32. The van der Waals surface area contributed by atoms with E-state index in [0.717, 1.165) is 37.1 Å². The van der Waals surface area contributed by atoms with E-state index < -0.39 is 0 Å². The molecule has 2 heterocycles. The Morgan fingerprint density at radius 3 is 2.50 bits per heavy atom. The molecule has 3 rings (SSSR count). The zero-order valence-corrected chi connectivity index (χ0v) is 19.1. The van der Waals surface area contributed by atoms with Gasteiger partial charge in [0.2, 0.25) is 0 Å². The van der Waals surface area contributed by atoms with E-state index in [1.165, 1.54) is 19.3 Å². The van der Waals surface area contributed by atoms with Crippen molar-refractivity contribution in [2.45, 2.75) is 32.2 Å². The van der Waals surface area contributed by atoms with Gasteiger partial charge in [-0.05, 0) is 69.3 Å². The van der Waals surface area contributed by atoms with Crippen LogP contribution in [0, 0.1) is 0 Å². The number of carbonyl (C=O) groups is 1. The van der Waals surface area contributed by atoms with Crippen molar-refractivity contribution in [1.82, 2.24) is 20.9 Å². The van der Waals surface area contributed by atoms with Gasteiger partial charge >= 0.3 is 0 Å². The highest BCUT2D eigenvalue weighted by Crippen LogP contribution is 2.25. The number of aliphatic imine (C=N–C) groups is 1. The standard InChI is InChI=1S/C24H35N5O3/c1-3-25-24(27-14-13-26-23(30)19-9-11-20(31-2)12-10-19)28-18-21(22-8-7-17-32-22)29-15-5-4-6-16-29/h7-12,17,21H,3-6,13-16,18H2,1-2H3,(H,26,30)(H2,25,27,28). The number of nitrogens with zero attached hydrogens (tertiary/aromatic N) is 2. The number of piperidine rings is 1. The largest absolute Gasteiger partial charge is 0.497 e. The molecule has 1 unspecified atom stereocenters. The van der Waals surface area contributed by atoms with Crippen molar-refractivity contribution in [3.8, 4) is 5.75 Å². The molecule has 174 valence electrons. The van der Waals surface area contributed by atoms with Gasteiger partial charge in [0.05, 0.1) is 26.0 Å². The molecular weight excluding hydrogens is 406 g/mol. The molecular formula is C24H35N5O3. The van der Waals surface area contributed by atoms with E-state index in [1.807, 2.05) is 19.1 Å². The molecule has 0 bridgehead atoms. The second kappa shape index (κ2) is 12.8. The van der Waals surface area contributed by atoms with Crippen molar-refractivity contribution >= 4 is 11.9 Å². The third-order valence-corrected chi connectivity index (χ3v) is 5.52. The van der Waals surface area contributed by atoms with Gasteiger partial charge in [-0.25, -0.2) is 0 Å². The van der Waals surface area contributed by atoms with Crippen LogP contribution in [0.2, 0.25) is 0 Å². The molecule has 1 aliphatic rings. The summed E-state index contributed by atoms with van der Waals surface area (Å²) in [5.74, 6) is 2.31. The molecule has 1 fully saturated rings. The average molecular weight is 442 g/mol. The van der Waals surface area contributed by atoms with E-state index >= 15 is 0 Å². The molecule has 0 spiro atoms. The lowest BCUT2D eigenvalue weighted by Crippen LogP contribution is -2.42. The predicted octanol–water partition coefficient (Wildman–Crippen LogP) is 2.80. The van der Waals surface area contributed by atoms with Crippen molar-refractivity contribution in [1.29, 1.82) is 0 Å². The predicted molar refractivity (Wildman–Crippen MR) is 126 cm³/mol. The van der Waals surface area contributed by atoms with Gasteiger partial charge in [0.1, 0.15) is 11.5 Å². The van der Waals surface area contributed by atoms with E-state index in [0.29, 0.717) is 25.2 Å². The van der Waals surface area contributed by atoms with Crippen LogP contribution in [0.4, 0.5) is 0 Å². The molecule has 32 heavy (non-hydrogen) atoms. The molecule has 1 amide bonds. The van der Waals surface area contributed by atoms with Crippen LogP contribution in [0.3, 0.4) is 0 Å². The maximum Gasteiger partial charge on any atom is 0.251 e. The summed E-state index contributed by atoms with van der Waals surface area (Å²) in [6, 6.07) is 11.2. The highest BCUT2D eigenvalue weighted by atomic mass is 16.5. The van der Waals surface area contributed by atoms with Crippen LogP contribution in [0.1, 0.15) is 48.3 Å². The fourth-order valence-corrected chi connectivity index (χ4v) is 3.82. The van der Waals surface area contributed by atoms with E-state index in [1.54, 1.807) is 37.6 Å². The van der Waals surface area contributed by atoms with Crippen LogP contribution in [-0.4, -0.2) is 63.1 Å². The molecule has 1 atom stereocenters. The maximum atomic E-state index is 12.3. The topological polar surface area (TPSA) is 91.1 Å². The SMILES string of the molecule is CCNC(=NCC(c1ccco1)N1CCCCC1)NCCNC(=O)c1ccc(OC)cc1. The fourth-order valence-electron chi connectivity index (χ4n) is 3.82. The van der Waals surface area contributed by atoms with E-state index in [-0.39, 0.29) is 11.9 Å². The van der Waals surface area contributed by atoms with E-state index in [4.69, 9.17) is 14.1 Å². The number of likely N-dealkylation sites (tertiary alicyclic amines) is 1. The number of hydrogen-bond acceptors (Lipinski definition) is 5. The Hall–Kier alpha value is -3.00. The number of furan rings is 1. The number of benzene rings is 1. The van der Waals surface area contributed by atoms with E-state index in [2.05, 4.69) is 20.9 Å². The number of methoxy groups -OCH3 is 1. The van der Waals surface area contributed by atoms with Gasteiger partial charge in [-0.15, -0.1) is 0 Å². The minimum absolute atomic E-state index is 0.112. The maximum absolute atomic E-state index is 12.3. The first-order chi connectivity index (χ1) is 15.7. The number of amides is 1. The van der Waals surface area contributed by atoms with Crippen molar-refractivity contribution in [3.05, 3.63) is 54.0 Å². The number of guanidine groups is 1. The normalized spacial score (nSPS) is 15.8. The second-order valence-electron chi connectivity index (χ2n) is 7.76. The summed E-state index contributed by atoms with van der Waals surface area (Å²) in [5, 5.41) is 9.51. The van der Waals surface area contributed by atoms with Crippen LogP contribution in [0.25, 0.3) is 0 Å². The zero-order chi connectivity index (χ0) is 22.6. The molecule has 2 aromatic rings. The number of nitrogens with one attached hydrogen (secondary N) is 3. The smallest absolute Gasteiger partial charge is 0.251 e. The third kappa shape index (κ3) is 7.02. The van der Waals surface area contributed by atoms with Crippen LogP contribution in [0.5, 0.6) is 5.75 Å². The van der Waals surface area contributed by atoms with E-state index in [9.17, 15) is 4.79 Å². The van der Waals surface area contributed by atoms with Gasteiger partial charge in [0, 0.05) is 25.2 Å². The van der Waals surface area contributed by atoms with Crippen LogP contribution < -0.4 is 20.7 Å². The van der Waals surface area contributed by atoms with Gasteiger partial charge in [0.15, 0.2) is 5.96 Å². The first-order valence-electron chi connectivity index (χ1n) is 11.4. The molecule has 0 saturated carbocycles. The molecule has 0 radical (unpaired) electrons. The second-order valence-corrected chi connectivity index (χ2v) is 7.76. The van der Waals surface area contributed by atoms with Gasteiger partial charge < -0.3 is 25.1 Å². The summed E-state index contributed by atoms with van der Waals surface area (Å²) >= 11 is 0. The summed E-state index contributed by atoms with van der Waals surface area (Å²) in [6.45, 7) is 6.62. The lowest BCUT2D eigenvalue weighted by molar-refractivity contribution is 0.0954. The van der Waals surface area contributed by atoms with Crippen molar-refractivity contribution in [3.63, 3.8) is 0 Å². The fraction of sp³-hybridized carbons (Fsp3) is 0.500. The molecule has 1 aliphatic heterocycles. The molecule has 1 saturated heterocycles. The third-order valence-electron chi connectivity index (χ3n) is 5.52. The van der Waals surface area contributed by atoms with Gasteiger partial charge in [-0.3, -0.25) is 14.7 Å². The monoisotopic (exact) mass is 441 g/mol. The highest BCUT2D eigenvalue weighted by Gasteiger charge is 2.24. The number of rotatable bonds is 10. The molecule has 1 aromatic heterocycles. The summed E-state index contributed by atoms with van der Waals surface area (Å²) < 4.78 is 10.8. The minimum atomic E-state index is -0.112. The van der Waals surface area contributed by atoms with Gasteiger partial charge in [-0.2, -0.15) is 0 Å². The number of hydrogen-bond donors (Lipinski definition) is 3. The summed E-state index contributed by atoms with van der Waals surface area (Å²) in [5.41, 5.74) is 0.606. The molecule has 8 heteroatoms. The lowest BCUT2D eigenvalue weighted by atomic mass is 10.1. The Labute approximate surface area is 190 Å². The highest BCUT2D eigenvalue weighted by molar-refractivity contribution is 5.94. The Morgan fingerprint density at radius 1 is 1.09 bits per heavy atom. The first-order valence-corrected chi connectivity index (χ1v) is 11.4. The van der Waals surface area contributed by atoms with Crippen molar-refractivity contribution < 1.29 is 13.9 Å². The Morgan fingerprint density at radius 2 is 1.84 bits per heavy atom. The Bertz CT molecular complexity index is 830. The summed E-state index contributed by atoms with van der Waals surface area (Å²) in [6.07, 6.45) is 5.45. The molecule has 1 aromatic carbocycles. The number of ether oxygens (including phenoxy) is 1. The average Bonchev–Trinajstić information content (AvgIpc) is 3.37. The molecule has 3 N–H and O–H groups in total. The zero-order valence-electron chi connectivity index (χ0n) is 19.1. The summed E-state index contributed by atoms with van der Waals surface area (Å²) in [4.78, 5) is 19.6. The molecule has 0 aliphatic carbocycles. The summed E-state index contributed by atoms with van der Waals surface area (Å²) in [7, 11) is 1.60. The number of carbonyl (C=O) groups excluding carboxylic acids is 1. The molecule has 8 nitrogen and oxygen atoms in total. The van der Waals surface area contributed by atoms with Crippen LogP contribution in [0.15, 0.2) is 52.1 Å². The first kappa shape index (κ1) is 23.7. The van der Waals surface area contributed by atoms with Gasteiger partial charge in [-0.1, -0.05) is 6.42 Å². The Balaban J connectivity index is 1.51. The van der Waals surface area contributed by atoms with Crippen LogP contribution in [-0.2, 0) is 0 Å². The van der Waals surface area contributed by atoms with Crippen molar-refractivity contribution in [2.75, 3.05) is 46.4 Å². The van der Waals surface area contributed by atoms with Crippen LogP contribution >= 0.6 is 0 Å².